The highest BCUT2D eigenvalue weighted by Crippen LogP contribution is 2.18. The van der Waals surface area contributed by atoms with Crippen LogP contribution in [0.25, 0.3) is 0 Å². The van der Waals surface area contributed by atoms with Crippen molar-refractivity contribution in [1.82, 2.24) is 0 Å². The van der Waals surface area contributed by atoms with Gasteiger partial charge in [0.15, 0.2) is 6.10 Å². The van der Waals surface area contributed by atoms with Crippen LogP contribution in [0.5, 0.6) is 0 Å². The molecule has 6 nitrogen and oxygen atoms in total. The molecule has 0 bridgehead atoms. The van der Waals surface area contributed by atoms with Crippen molar-refractivity contribution < 1.29 is 28.6 Å². The smallest absolute Gasteiger partial charge is 0.306 e. The van der Waals surface area contributed by atoms with Gasteiger partial charge < -0.3 is 14.2 Å². The summed E-state index contributed by atoms with van der Waals surface area (Å²) in [7, 11) is 0. The van der Waals surface area contributed by atoms with E-state index >= 15 is 0 Å². The monoisotopic (exact) mass is 1010 g/mol. The van der Waals surface area contributed by atoms with Gasteiger partial charge in [-0.2, -0.15) is 0 Å². The third-order valence-corrected chi connectivity index (χ3v) is 14.1. The van der Waals surface area contributed by atoms with Crippen molar-refractivity contribution in [2.75, 3.05) is 13.2 Å². The number of allylic oxidation sites excluding steroid dienone is 8. The number of unbranched alkanes of at least 4 members (excludes halogenated alkanes) is 39. The second-order valence-electron chi connectivity index (χ2n) is 21.3. The van der Waals surface area contributed by atoms with E-state index in [-0.39, 0.29) is 31.1 Å². The van der Waals surface area contributed by atoms with Crippen molar-refractivity contribution in [2.45, 2.75) is 341 Å². The lowest BCUT2D eigenvalue weighted by Crippen LogP contribution is -2.30. The molecule has 1 unspecified atom stereocenters. The summed E-state index contributed by atoms with van der Waals surface area (Å²) >= 11 is 0. The molecule has 0 aliphatic carbocycles. The van der Waals surface area contributed by atoms with Crippen molar-refractivity contribution in [3.05, 3.63) is 48.6 Å². The lowest BCUT2D eigenvalue weighted by Gasteiger charge is -2.18. The fourth-order valence-corrected chi connectivity index (χ4v) is 9.34. The SMILES string of the molecule is CC/C=C\C/C=C\C/C=C\CCCCCC(=O)OCC(COC(=O)CCCCCCCCCCCCCCCCCCCCCCCCCCCC)OC(=O)CCCCCCC/C=C\CCCCCCCC. The van der Waals surface area contributed by atoms with Gasteiger partial charge in [0.1, 0.15) is 13.2 Å². The van der Waals surface area contributed by atoms with Crippen LogP contribution < -0.4 is 0 Å². The molecule has 0 aliphatic rings. The van der Waals surface area contributed by atoms with Gasteiger partial charge in [-0.05, 0) is 77.0 Å². The van der Waals surface area contributed by atoms with Gasteiger partial charge in [-0.25, -0.2) is 0 Å². The Hall–Kier alpha value is -2.63. The lowest BCUT2D eigenvalue weighted by atomic mass is 10.0. The Labute approximate surface area is 448 Å². The summed E-state index contributed by atoms with van der Waals surface area (Å²) < 4.78 is 16.9. The van der Waals surface area contributed by atoms with Crippen molar-refractivity contribution in [3.63, 3.8) is 0 Å². The van der Waals surface area contributed by atoms with E-state index in [1.54, 1.807) is 0 Å². The van der Waals surface area contributed by atoms with E-state index in [1.165, 1.54) is 199 Å². The Kier molecular flexibility index (Phi) is 58.7. The summed E-state index contributed by atoms with van der Waals surface area (Å²) in [5, 5.41) is 0. The molecule has 6 heteroatoms. The fraction of sp³-hybridized carbons (Fsp3) is 0.833. The molecule has 0 spiro atoms. The van der Waals surface area contributed by atoms with Crippen LogP contribution in [0.15, 0.2) is 48.6 Å². The molecule has 0 amide bonds. The number of carbonyl (C=O) groups is 3. The molecular formula is C66H120O6. The first-order chi connectivity index (χ1) is 35.5. The van der Waals surface area contributed by atoms with Crippen molar-refractivity contribution in [2.24, 2.45) is 0 Å². The van der Waals surface area contributed by atoms with E-state index in [1.807, 2.05) is 0 Å². The maximum atomic E-state index is 12.9. The van der Waals surface area contributed by atoms with Gasteiger partial charge in [0.25, 0.3) is 0 Å². The Morgan fingerprint density at radius 3 is 0.875 bits per heavy atom. The van der Waals surface area contributed by atoms with Gasteiger partial charge in [-0.15, -0.1) is 0 Å². The molecular weight excluding hydrogens is 889 g/mol. The molecule has 0 radical (unpaired) electrons. The number of carbonyl (C=O) groups excluding carboxylic acids is 3. The lowest BCUT2D eigenvalue weighted by molar-refractivity contribution is -0.167. The summed E-state index contributed by atoms with van der Waals surface area (Å²) in [4.78, 5) is 38.2. The molecule has 0 fully saturated rings. The van der Waals surface area contributed by atoms with Crippen molar-refractivity contribution >= 4 is 17.9 Å². The van der Waals surface area contributed by atoms with Crippen LogP contribution in [0.1, 0.15) is 335 Å². The van der Waals surface area contributed by atoms with Gasteiger partial charge in [0, 0.05) is 19.3 Å². The molecule has 0 aromatic carbocycles. The van der Waals surface area contributed by atoms with Crippen LogP contribution in [0, 0.1) is 0 Å². The fourth-order valence-electron chi connectivity index (χ4n) is 9.34. The molecule has 0 N–H and O–H groups in total. The summed E-state index contributed by atoms with van der Waals surface area (Å²) in [5.41, 5.74) is 0. The van der Waals surface area contributed by atoms with Crippen molar-refractivity contribution in [3.8, 4) is 0 Å². The highest BCUT2D eigenvalue weighted by Gasteiger charge is 2.19. The molecule has 0 aromatic heterocycles. The summed E-state index contributed by atoms with van der Waals surface area (Å²) in [5.74, 6) is -0.904. The molecule has 72 heavy (non-hydrogen) atoms. The molecule has 1 atom stereocenters. The highest BCUT2D eigenvalue weighted by atomic mass is 16.6. The van der Waals surface area contributed by atoms with Gasteiger partial charge in [0.05, 0.1) is 0 Å². The normalized spacial score (nSPS) is 12.3. The molecule has 0 aliphatic heterocycles. The third-order valence-electron chi connectivity index (χ3n) is 14.1. The zero-order valence-corrected chi connectivity index (χ0v) is 48.2. The molecule has 0 saturated heterocycles. The van der Waals surface area contributed by atoms with Crippen LogP contribution in [-0.4, -0.2) is 37.2 Å². The predicted molar refractivity (Wildman–Crippen MR) is 312 cm³/mol. The van der Waals surface area contributed by atoms with Gasteiger partial charge in [-0.1, -0.05) is 288 Å². The minimum Gasteiger partial charge on any atom is -0.462 e. The van der Waals surface area contributed by atoms with E-state index in [0.717, 1.165) is 96.3 Å². The quantitative estimate of drug-likeness (QED) is 0.0261. The van der Waals surface area contributed by atoms with Gasteiger partial charge >= 0.3 is 17.9 Å². The Morgan fingerprint density at radius 2 is 0.542 bits per heavy atom. The number of ether oxygens (including phenoxy) is 3. The topological polar surface area (TPSA) is 78.9 Å². The van der Waals surface area contributed by atoms with Gasteiger partial charge in [-0.3, -0.25) is 14.4 Å². The largest absolute Gasteiger partial charge is 0.462 e. The summed E-state index contributed by atoms with van der Waals surface area (Å²) in [6, 6.07) is 0. The first kappa shape index (κ1) is 69.4. The number of hydrogen-bond acceptors (Lipinski definition) is 6. The maximum absolute atomic E-state index is 12.9. The van der Waals surface area contributed by atoms with E-state index in [0.29, 0.717) is 19.3 Å². The minimum atomic E-state index is -0.788. The number of rotatable bonds is 58. The Bertz CT molecular complexity index is 1250. The maximum Gasteiger partial charge on any atom is 0.306 e. The molecule has 0 saturated carbocycles. The molecule has 0 rings (SSSR count). The summed E-state index contributed by atoms with van der Waals surface area (Å²) in [6.07, 6.45) is 75.6. The number of hydrogen-bond donors (Lipinski definition) is 0. The first-order valence-electron chi connectivity index (χ1n) is 31.6. The number of esters is 3. The van der Waals surface area contributed by atoms with Crippen LogP contribution in [-0.2, 0) is 28.6 Å². The Morgan fingerprint density at radius 1 is 0.292 bits per heavy atom. The van der Waals surface area contributed by atoms with Crippen LogP contribution in [0.3, 0.4) is 0 Å². The second kappa shape index (κ2) is 60.9. The highest BCUT2D eigenvalue weighted by molar-refractivity contribution is 5.71. The summed E-state index contributed by atoms with van der Waals surface area (Å²) in [6.45, 7) is 6.54. The Balaban J connectivity index is 4.22. The first-order valence-corrected chi connectivity index (χ1v) is 31.6. The average molecular weight is 1010 g/mol. The van der Waals surface area contributed by atoms with E-state index in [9.17, 15) is 14.4 Å². The second-order valence-corrected chi connectivity index (χ2v) is 21.3. The van der Waals surface area contributed by atoms with Crippen LogP contribution in [0.4, 0.5) is 0 Å². The standard InChI is InChI=1S/C66H120O6/c1-4-7-10-13-16-19-22-25-27-28-29-30-31-32-33-34-35-36-37-39-41-44-47-50-53-56-59-65(68)71-62-63(61-70-64(67)58-55-52-49-46-43-40-24-21-18-15-12-9-6-3)72-66(69)60-57-54-51-48-45-42-38-26-23-20-17-14-11-8-5-2/h9,12,18,21,26,38,40,43,63H,4-8,10-11,13-17,19-20,22-25,27-37,39,41-42,44-62H2,1-3H3/b12-9-,21-18-,38-26-,43-40-. The van der Waals surface area contributed by atoms with Gasteiger partial charge in [0.2, 0.25) is 0 Å². The van der Waals surface area contributed by atoms with E-state index in [4.69, 9.17) is 14.2 Å². The zero-order valence-electron chi connectivity index (χ0n) is 48.2. The predicted octanol–water partition coefficient (Wildman–Crippen LogP) is 21.4. The van der Waals surface area contributed by atoms with E-state index in [2.05, 4.69) is 69.4 Å². The molecule has 0 aromatic rings. The van der Waals surface area contributed by atoms with E-state index < -0.39 is 6.10 Å². The van der Waals surface area contributed by atoms with Crippen molar-refractivity contribution in [1.29, 1.82) is 0 Å². The van der Waals surface area contributed by atoms with Crippen LogP contribution in [0.2, 0.25) is 0 Å². The average Bonchev–Trinajstić information content (AvgIpc) is 3.38. The molecule has 420 valence electrons. The zero-order chi connectivity index (χ0) is 52.2. The third kappa shape index (κ3) is 58.3. The molecule has 0 heterocycles. The van der Waals surface area contributed by atoms with Crippen LogP contribution >= 0.6 is 0 Å². The minimum absolute atomic E-state index is 0.0827.